The van der Waals surface area contributed by atoms with Crippen LogP contribution in [0.1, 0.15) is 29.6 Å². The van der Waals surface area contributed by atoms with E-state index in [1.165, 1.54) is 0 Å². The average molecular weight is 344 g/mol. The molecule has 0 N–H and O–H groups in total. The summed E-state index contributed by atoms with van der Waals surface area (Å²) in [5, 5.41) is 1.01. The van der Waals surface area contributed by atoms with Gasteiger partial charge in [0.15, 0.2) is 0 Å². The molecule has 0 aromatic heterocycles. The predicted octanol–water partition coefficient (Wildman–Crippen LogP) is 3.34. The fourth-order valence-electron chi connectivity index (χ4n) is 1.91. The highest BCUT2D eigenvalue weighted by Gasteiger charge is 2.17. The molecule has 0 saturated carbocycles. The van der Waals surface area contributed by atoms with Crippen LogP contribution in [0.3, 0.4) is 0 Å². The molecular formula is C15H22BrNO3. The van der Waals surface area contributed by atoms with Crippen LogP contribution in [0, 0.1) is 0 Å². The lowest BCUT2D eigenvalue weighted by Crippen LogP contribution is -2.28. The van der Waals surface area contributed by atoms with Crippen molar-refractivity contribution in [2.45, 2.75) is 19.3 Å². The van der Waals surface area contributed by atoms with E-state index in [-0.39, 0.29) is 5.91 Å². The minimum Gasteiger partial charge on any atom is -0.497 e. The largest absolute Gasteiger partial charge is 0.497 e. The average Bonchev–Trinajstić information content (AvgIpc) is 2.49. The van der Waals surface area contributed by atoms with Gasteiger partial charge in [0.25, 0.3) is 5.91 Å². The molecule has 0 heterocycles. The smallest absolute Gasteiger partial charge is 0.257 e. The number of nitrogens with zero attached hydrogens (tertiary/aromatic N) is 1. The van der Waals surface area contributed by atoms with Gasteiger partial charge in [-0.3, -0.25) is 4.79 Å². The van der Waals surface area contributed by atoms with Crippen LogP contribution in [-0.2, 0) is 0 Å². The van der Waals surface area contributed by atoms with Gasteiger partial charge in [-0.05, 0) is 31.0 Å². The number of ether oxygens (including phenoxy) is 2. The van der Waals surface area contributed by atoms with Crippen LogP contribution in [0.25, 0.3) is 0 Å². The van der Waals surface area contributed by atoms with E-state index in [1.54, 1.807) is 37.3 Å². The Kier molecular flexibility index (Phi) is 7.44. The standard InChI is InChI=1S/C15H22BrNO3/c1-17(10-6-4-5-9-16)15(18)13-11-12(19-2)7-8-14(13)20-3/h7-8,11H,4-6,9-10H2,1-3H3. The fourth-order valence-corrected chi connectivity index (χ4v) is 2.31. The highest BCUT2D eigenvalue weighted by Crippen LogP contribution is 2.25. The van der Waals surface area contributed by atoms with E-state index >= 15 is 0 Å². The SMILES string of the molecule is COc1ccc(OC)c(C(=O)N(C)CCCCCBr)c1. The summed E-state index contributed by atoms with van der Waals surface area (Å²) < 4.78 is 10.4. The molecule has 112 valence electrons. The number of amides is 1. The van der Waals surface area contributed by atoms with Gasteiger partial charge in [-0.1, -0.05) is 22.4 Å². The normalized spacial score (nSPS) is 10.2. The van der Waals surface area contributed by atoms with E-state index in [2.05, 4.69) is 15.9 Å². The molecule has 0 bridgehead atoms. The summed E-state index contributed by atoms with van der Waals surface area (Å²) in [6.45, 7) is 0.742. The van der Waals surface area contributed by atoms with Gasteiger partial charge in [0.05, 0.1) is 19.8 Å². The van der Waals surface area contributed by atoms with Gasteiger partial charge in [-0.25, -0.2) is 0 Å². The predicted molar refractivity (Wildman–Crippen MR) is 84.2 cm³/mol. The Bertz CT molecular complexity index is 437. The molecule has 0 aliphatic rings. The van der Waals surface area contributed by atoms with Crippen LogP contribution in [0.4, 0.5) is 0 Å². The molecule has 1 aromatic rings. The molecule has 1 amide bonds. The van der Waals surface area contributed by atoms with Crippen molar-refractivity contribution in [3.05, 3.63) is 23.8 Å². The number of halogens is 1. The van der Waals surface area contributed by atoms with Crippen molar-refractivity contribution in [2.24, 2.45) is 0 Å². The number of carbonyl (C=O) groups excluding carboxylic acids is 1. The molecule has 4 nitrogen and oxygen atoms in total. The zero-order valence-electron chi connectivity index (χ0n) is 12.3. The van der Waals surface area contributed by atoms with E-state index in [4.69, 9.17) is 9.47 Å². The van der Waals surface area contributed by atoms with Crippen molar-refractivity contribution in [3.8, 4) is 11.5 Å². The van der Waals surface area contributed by atoms with E-state index in [1.807, 2.05) is 7.05 Å². The molecule has 1 rings (SSSR count). The van der Waals surface area contributed by atoms with Gasteiger partial charge in [-0.15, -0.1) is 0 Å². The fraction of sp³-hybridized carbons (Fsp3) is 0.533. The first-order chi connectivity index (χ1) is 9.63. The summed E-state index contributed by atoms with van der Waals surface area (Å²) in [5.41, 5.74) is 0.537. The Labute approximate surface area is 129 Å². The third-order valence-electron chi connectivity index (χ3n) is 3.11. The van der Waals surface area contributed by atoms with Crippen molar-refractivity contribution < 1.29 is 14.3 Å². The molecule has 0 unspecified atom stereocenters. The molecule has 20 heavy (non-hydrogen) atoms. The topological polar surface area (TPSA) is 38.8 Å². The first kappa shape index (κ1) is 16.8. The molecule has 1 aromatic carbocycles. The molecule has 0 atom stereocenters. The van der Waals surface area contributed by atoms with Crippen molar-refractivity contribution in [2.75, 3.05) is 33.1 Å². The Morgan fingerprint density at radius 1 is 1.20 bits per heavy atom. The summed E-state index contributed by atoms with van der Waals surface area (Å²) >= 11 is 3.41. The zero-order chi connectivity index (χ0) is 15.0. The third kappa shape index (κ3) is 4.71. The first-order valence-electron chi connectivity index (χ1n) is 6.67. The maximum Gasteiger partial charge on any atom is 0.257 e. The lowest BCUT2D eigenvalue weighted by molar-refractivity contribution is 0.0789. The van der Waals surface area contributed by atoms with Gasteiger partial charge in [0, 0.05) is 18.9 Å². The van der Waals surface area contributed by atoms with Crippen LogP contribution >= 0.6 is 15.9 Å². The van der Waals surface area contributed by atoms with Crippen LogP contribution in [0.5, 0.6) is 11.5 Å². The lowest BCUT2D eigenvalue weighted by atomic mass is 10.1. The number of benzene rings is 1. The molecule has 0 spiro atoms. The summed E-state index contributed by atoms with van der Waals surface area (Å²) in [6, 6.07) is 5.26. The molecule has 0 saturated heterocycles. The summed E-state index contributed by atoms with van der Waals surface area (Å²) in [7, 11) is 4.96. The number of rotatable bonds is 8. The van der Waals surface area contributed by atoms with Gasteiger partial charge >= 0.3 is 0 Å². The maximum atomic E-state index is 12.4. The number of hydrogen-bond acceptors (Lipinski definition) is 3. The minimum atomic E-state index is -0.0420. The lowest BCUT2D eigenvalue weighted by Gasteiger charge is -2.19. The summed E-state index contributed by atoms with van der Waals surface area (Å²) in [4.78, 5) is 14.2. The quantitative estimate of drug-likeness (QED) is 0.536. The Hall–Kier alpha value is -1.23. The molecule has 0 aliphatic carbocycles. The number of methoxy groups -OCH3 is 2. The monoisotopic (exact) mass is 343 g/mol. The van der Waals surface area contributed by atoms with E-state index < -0.39 is 0 Å². The highest BCUT2D eigenvalue weighted by molar-refractivity contribution is 9.09. The first-order valence-corrected chi connectivity index (χ1v) is 7.79. The van der Waals surface area contributed by atoms with Crippen molar-refractivity contribution in [1.29, 1.82) is 0 Å². The van der Waals surface area contributed by atoms with Crippen molar-refractivity contribution in [3.63, 3.8) is 0 Å². The summed E-state index contributed by atoms with van der Waals surface area (Å²) in [6.07, 6.45) is 3.24. The molecule has 0 aliphatic heterocycles. The van der Waals surface area contributed by atoms with Crippen molar-refractivity contribution >= 4 is 21.8 Å². The minimum absolute atomic E-state index is 0.0420. The Morgan fingerprint density at radius 2 is 1.95 bits per heavy atom. The van der Waals surface area contributed by atoms with Gasteiger partial charge in [0.1, 0.15) is 11.5 Å². The summed E-state index contributed by atoms with van der Waals surface area (Å²) in [5.74, 6) is 1.18. The number of alkyl halides is 1. The van der Waals surface area contributed by atoms with Gasteiger partial charge in [-0.2, -0.15) is 0 Å². The molecule has 5 heteroatoms. The molecular weight excluding hydrogens is 322 g/mol. The van der Waals surface area contributed by atoms with Crippen LogP contribution in [0.2, 0.25) is 0 Å². The van der Waals surface area contributed by atoms with E-state index in [0.717, 1.165) is 31.1 Å². The highest BCUT2D eigenvalue weighted by atomic mass is 79.9. The Morgan fingerprint density at radius 3 is 2.55 bits per heavy atom. The maximum absolute atomic E-state index is 12.4. The second-order valence-corrected chi connectivity index (χ2v) is 5.34. The Balaban J connectivity index is 2.74. The van der Waals surface area contributed by atoms with Crippen molar-refractivity contribution in [1.82, 2.24) is 4.90 Å². The third-order valence-corrected chi connectivity index (χ3v) is 3.67. The van der Waals surface area contributed by atoms with E-state index in [9.17, 15) is 4.79 Å². The molecule has 0 fully saturated rings. The number of unbranched alkanes of at least 4 members (excludes halogenated alkanes) is 2. The number of carbonyl (C=O) groups is 1. The van der Waals surface area contributed by atoms with Gasteiger partial charge < -0.3 is 14.4 Å². The van der Waals surface area contributed by atoms with Gasteiger partial charge in [0.2, 0.25) is 0 Å². The van der Waals surface area contributed by atoms with Crippen LogP contribution in [0.15, 0.2) is 18.2 Å². The van der Waals surface area contributed by atoms with E-state index in [0.29, 0.717) is 17.1 Å². The van der Waals surface area contributed by atoms with Crippen LogP contribution < -0.4 is 9.47 Å². The second kappa shape index (κ2) is 8.84. The molecule has 0 radical (unpaired) electrons. The second-order valence-electron chi connectivity index (χ2n) is 4.54. The number of hydrogen-bond donors (Lipinski definition) is 0. The zero-order valence-corrected chi connectivity index (χ0v) is 13.9. The van der Waals surface area contributed by atoms with Crippen LogP contribution in [-0.4, -0.2) is 43.9 Å².